The minimum atomic E-state index is -2.12. The number of hydrogen-bond acceptors (Lipinski definition) is 2. The largest absolute Gasteiger partial charge is 0.497 e. The van der Waals surface area contributed by atoms with E-state index >= 15 is 0 Å². The Bertz CT molecular complexity index is 411. The van der Waals surface area contributed by atoms with E-state index in [2.05, 4.69) is 6.07 Å². The van der Waals surface area contributed by atoms with Gasteiger partial charge in [0.25, 0.3) is 0 Å². The molecule has 2 aromatic rings. The predicted molar refractivity (Wildman–Crippen MR) is 77.6 cm³/mol. The molecule has 2 nitrogen and oxygen atoms in total. The van der Waals surface area contributed by atoms with Gasteiger partial charge in [-0.2, -0.15) is 36.4 Å². The normalized spacial score (nSPS) is 9.68. The first-order chi connectivity index (χ1) is 8.54. The summed E-state index contributed by atoms with van der Waals surface area (Å²) in [6, 6.07) is 20.1. The Hall–Kier alpha value is -0.921. The minimum absolute atomic E-state index is 0. The molecule has 0 atom stereocenters. The maximum Gasteiger partial charge on any atom is 0.213 e. The Morgan fingerprint density at radius 2 is 1.53 bits per heavy atom. The van der Waals surface area contributed by atoms with Crippen molar-refractivity contribution >= 4 is 13.5 Å². The average molecular weight is 366 g/mol. The maximum atomic E-state index is 9.75. The molecular weight excluding hydrogens is 347 g/mol. The molecule has 2 rings (SSSR count). The van der Waals surface area contributed by atoms with Gasteiger partial charge in [-0.05, 0) is 30.4 Å². The molecule has 0 heterocycles. The molecule has 0 aromatic heterocycles. The Labute approximate surface area is 130 Å². The van der Waals surface area contributed by atoms with Crippen LogP contribution in [0.1, 0.15) is 0 Å². The first kappa shape index (κ1) is 18.1. The summed E-state index contributed by atoms with van der Waals surface area (Å²) in [6.45, 7) is 3.80. The summed E-state index contributed by atoms with van der Waals surface area (Å²) in [5.74, 6) is 0.831. The molecule has 0 bridgehead atoms. The zero-order chi connectivity index (χ0) is 13.4. The fourth-order valence-corrected chi connectivity index (χ4v) is 2.32. The van der Waals surface area contributed by atoms with Crippen molar-refractivity contribution in [2.24, 2.45) is 0 Å². The Morgan fingerprint density at radius 1 is 1.00 bits per heavy atom. The van der Waals surface area contributed by atoms with Crippen LogP contribution in [-0.2, 0) is 20.4 Å². The molecule has 0 aliphatic heterocycles. The van der Waals surface area contributed by atoms with Crippen LogP contribution in [-0.4, -0.2) is 20.2 Å². The topological polar surface area (TPSA) is 29.5 Å². The van der Waals surface area contributed by atoms with Crippen LogP contribution in [0.15, 0.2) is 54.6 Å². The van der Waals surface area contributed by atoms with Gasteiger partial charge in [-0.25, -0.2) is 0 Å². The van der Waals surface area contributed by atoms with Crippen molar-refractivity contribution < 1.29 is 30.0 Å². The number of rotatable bonds is 2. The van der Waals surface area contributed by atoms with Crippen LogP contribution < -0.4 is 9.92 Å². The van der Waals surface area contributed by atoms with Gasteiger partial charge in [-0.15, -0.1) is 0 Å². The molecular formula is C15H19O2PdSi-. The standard InChI is InChI=1S/C9H14O2Si.C6H5.Pd/c1-11-8-4-6-9(7-5-8)12(2,3)10;1-2-4-6-5-3-1;/h4-7,10H,1-3H3;1-5H;/q;-1;. The fourth-order valence-electron chi connectivity index (χ4n) is 1.34. The van der Waals surface area contributed by atoms with Crippen LogP contribution in [0, 0.1) is 6.07 Å². The summed E-state index contributed by atoms with van der Waals surface area (Å²) < 4.78 is 5.02. The van der Waals surface area contributed by atoms with Gasteiger partial charge in [0, 0.05) is 20.4 Å². The molecule has 1 N–H and O–H groups in total. The number of ether oxygens (including phenoxy) is 1. The van der Waals surface area contributed by atoms with Gasteiger partial charge < -0.3 is 9.53 Å². The van der Waals surface area contributed by atoms with Gasteiger partial charge in [0.2, 0.25) is 8.32 Å². The summed E-state index contributed by atoms with van der Waals surface area (Å²) in [6.07, 6.45) is 0. The molecule has 0 amide bonds. The van der Waals surface area contributed by atoms with Crippen molar-refractivity contribution in [2.75, 3.05) is 7.11 Å². The third kappa shape index (κ3) is 7.29. The molecule has 4 heteroatoms. The number of benzene rings is 2. The van der Waals surface area contributed by atoms with Crippen LogP contribution in [0.25, 0.3) is 0 Å². The van der Waals surface area contributed by atoms with Crippen molar-refractivity contribution in [2.45, 2.75) is 13.1 Å². The molecule has 0 aliphatic rings. The van der Waals surface area contributed by atoms with Gasteiger partial charge in [0.05, 0.1) is 7.11 Å². The second kappa shape index (κ2) is 9.06. The van der Waals surface area contributed by atoms with E-state index < -0.39 is 8.32 Å². The Kier molecular flexibility index (Phi) is 8.62. The average Bonchev–Trinajstić information content (AvgIpc) is 2.40. The van der Waals surface area contributed by atoms with Gasteiger partial charge >= 0.3 is 0 Å². The molecule has 19 heavy (non-hydrogen) atoms. The molecule has 0 fully saturated rings. The van der Waals surface area contributed by atoms with E-state index in [1.165, 1.54) is 0 Å². The molecule has 0 saturated heterocycles. The molecule has 0 radical (unpaired) electrons. The smallest absolute Gasteiger partial charge is 0.213 e. The van der Waals surface area contributed by atoms with Crippen LogP contribution in [0.3, 0.4) is 0 Å². The van der Waals surface area contributed by atoms with Crippen molar-refractivity contribution in [3.8, 4) is 5.75 Å². The monoisotopic (exact) mass is 365 g/mol. The van der Waals surface area contributed by atoms with Gasteiger partial charge in [0.1, 0.15) is 5.75 Å². The van der Waals surface area contributed by atoms with E-state index in [0.717, 1.165) is 10.9 Å². The Morgan fingerprint density at radius 3 is 1.79 bits per heavy atom. The third-order valence-electron chi connectivity index (χ3n) is 2.40. The van der Waals surface area contributed by atoms with Crippen LogP contribution in [0.5, 0.6) is 5.75 Å². The molecule has 106 valence electrons. The summed E-state index contributed by atoms with van der Waals surface area (Å²) >= 11 is 0. The van der Waals surface area contributed by atoms with Crippen LogP contribution in [0.4, 0.5) is 0 Å². The van der Waals surface area contributed by atoms with Crippen molar-refractivity contribution in [1.82, 2.24) is 0 Å². The summed E-state index contributed by atoms with van der Waals surface area (Å²) in [7, 11) is -0.489. The van der Waals surface area contributed by atoms with E-state index in [4.69, 9.17) is 4.74 Å². The summed E-state index contributed by atoms with van der Waals surface area (Å²) in [4.78, 5) is 9.75. The second-order valence-electron chi connectivity index (χ2n) is 4.36. The third-order valence-corrected chi connectivity index (χ3v) is 4.15. The van der Waals surface area contributed by atoms with Crippen molar-refractivity contribution in [1.29, 1.82) is 0 Å². The van der Waals surface area contributed by atoms with E-state index in [1.54, 1.807) is 7.11 Å². The predicted octanol–water partition coefficient (Wildman–Crippen LogP) is 2.58. The maximum absolute atomic E-state index is 9.75. The zero-order valence-corrected chi connectivity index (χ0v) is 13.9. The Balaban J connectivity index is 0.000000392. The van der Waals surface area contributed by atoms with Gasteiger partial charge in [-0.3, -0.25) is 0 Å². The molecule has 0 saturated carbocycles. The van der Waals surface area contributed by atoms with E-state index in [1.807, 2.05) is 67.7 Å². The molecule has 0 aliphatic carbocycles. The first-order valence-corrected chi connectivity index (χ1v) is 8.77. The summed E-state index contributed by atoms with van der Waals surface area (Å²) in [5, 5.41) is 1.03. The van der Waals surface area contributed by atoms with E-state index in [-0.39, 0.29) is 20.4 Å². The quantitative estimate of drug-likeness (QED) is 0.655. The van der Waals surface area contributed by atoms with E-state index in [0.29, 0.717) is 0 Å². The zero-order valence-electron chi connectivity index (χ0n) is 11.4. The first-order valence-electron chi connectivity index (χ1n) is 5.82. The van der Waals surface area contributed by atoms with Gasteiger partial charge in [-0.1, -0.05) is 12.1 Å². The summed E-state index contributed by atoms with van der Waals surface area (Å²) in [5.41, 5.74) is 0. The molecule has 0 unspecified atom stereocenters. The van der Waals surface area contributed by atoms with Crippen molar-refractivity contribution in [3.63, 3.8) is 0 Å². The second-order valence-corrected chi connectivity index (χ2v) is 8.06. The SMILES string of the molecule is COc1ccc([Si](C)(C)O)cc1.[Pd].[c-]1ccccc1. The van der Waals surface area contributed by atoms with Crippen LogP contribution in [0.2, 0.25) is 13.1 Å². The molecule has 2 aromatic carbocycles. The van der Waals surface area contributed by atoms with Crippen LogP contribution >= 0.6 is 0 Å². The van der Waals surface area contributed by atoms with E-state index in [9.17, 15) is 4.80 Å². The number of methoxy groups -OCH3 is 1. The fraction of sp³-hybridized carbons (Fsp3) is 0.200. The molecule has 0 spiro atoms. The number of hydrogen-bond donors (Lipinski definition) is 1. The van der Waals surface area contributed by atoms with Crippen molar-refractivity contribution in [3.05, 3.63) is 60.7 Å². The van der Waals surface area contributed by atoms with Gasteiger partial charge in [0.15, 0.2) is 0 Å². The minimum Gasteiger partial charge on any atom is -0.497 e.